The number of nitrogens with zero attached hydrogens (tertiary/aromatic N) is 1. The molecule has 0 aromatic carbocycles. The molecule has 1 aliphatic rings. The zero-order chi connectivity index (χ0) is 30.0. The molecule has 0 saturated carbocycles. The van der Waals surface area contributed by atoms with E-state index in [0.29, 0.717) is 18.3 Å². The van der Waals surface area contributed by atoms with Crippen LogP contribution in [0.3, 0.4) is 0 Å². The van der Waals surface area contributed by atoms with Crippen molar-refractivity contribution in [1.82, 2.24) is 15.5 Å². The van der Waals surface area contributed by atoms with Crippen molar-refractivity contribution < 1.29 is 14.4 Å². The van der Waals surface area contributed by atoms with E-state index >= 15 is 0 Å². The molecule has 41 heavy (non-hydrogen) atoms. The van der Waals surface area contributed by atoms with Gasteiger partial charge in [0.1, 0.15) is 0 Å². The second-order valence-electron chi connectivity index (χ2n) is 12.6. The molecule has 0 bridgehead atoms. The minimum atomic E-state index is -0.00113. The Kier molecular flexibility index (Phi) is 22.7. The summed E-state index contributed by atoms with van der Waals surface area (Å²) in [6.07, 6.45) is 25.7. The van der Waals surface area contributed by atoms with Gasteiger partial charge in [-0.15, -0.1) is 0 Å². The van der Waals surface area contributed by atoms with E-state index in [-0.39, 0.29) is 24.3 Å². The highest BCUT2D eigenvalue weighted by molar-refractivity contribution is 5.84. The van der Waals surface area contributed by atoms with E-state index in [0.717, 1.165) is 71.1 Å². The Labute approximate surface area is 252 Å². The first-order valence-electron chi connectivity index (χ1n) is 17.5. The summed E-state index contributed by atoms with van der Waals surface area (Å²) in [5, 5.41) is 5.88. The quantitative estimate of drug-likeness (QED) is 0.0911. The Balaban J connectivity index is 1.89. The van der Waals surface area contributed by atoms with E-state index in [1.54, 1.807) is 0 Å². The molecular formula is C34H66N4O3. The molecule has 0 aromatic heterocycles. The van der Waals surface area contributed by atoms with Crippen molar-refractivity contribution >= 4 is 17.7 Å². The van der Waals surface area contributed by atoms with E-state index < -0.39 is 0 Å². The lowest BCUT2D eigenvalue weighted by Crippen LogP contribution is -2.38. The number of rotatable bonds is 27. The van der Waals surface area contributed by atoms with Crippen LogP contribution in [0, 0.1) is 5.41 Å². The SMILES string of the molecule is CCCCCC(CN)(CCC)CCCCCC(=O)NCCCCCCCCCCCC(=O)NCC(=O)N1CCCC1. The second-order valence-corrected chi connectivity index (χ2v) is 12.6. The minimum absolute atomic E-state index is 0.00113. The summed E-state index contributed by atoms with van der Waals surface area (Å²) in [5.74, 6) is 0.256. The maximum atomic E-state index is 12.2. The van der Waals surface area contributed by atoms with Crippen molar-refractivity contribution in [1.29, 1.82) is 0 Å². The van der Waals surface area contributed by atoms with Crippen LogP contribution in [0.4, 0.5) is 0 Å². The highest BCUT2D eigenvalue weighted by atomic mass is 16.2. The van der Waals surface area contributed by atoms with Crippen molar-refractivity contribution in [2.45, 2.75) is 162 Å². The van der Waals surface area contributed by atoms with Crippen molar-refractivity contribution in [3.05, 3.63) is 0 Å². The van der Waals surface area contributed by atoms with Gasteiger partial charge in [-0.1, -0.05) is 97.3 Å². The van der Waals surface area contributed by atoms with E-state index in [1.165, 1.54) is 89.9 Å². The molecule has 1 heterocycles. The average molecular weight is 579 g/mol. The van der Waals surface area contributed by atoms with Gasteiger partial charge in [-0.2, -0.15) is 0 Å². The van der Waals surface area contributed by atoms with E-state index in [1.807, 2.05) is 4.90 Å². The predicted octanol–water partition coefficient (Wildman–Crippen LogP) is 7.02. The van der Waals surface area contributed by atoms with Gasteiger partial charge in [0.2, 0.25) is 17.7 Å². The van der Waals surface area contributed by atoms with Gasteiger partial charge in [-0.25, -0.2) is 0 Å². The normalized spacial score (nSPS) is 14.7. The first-order chi connectivity index (χ1) is 20.0. The molecule has 7 nitrogen and oxygen atoms in total. The molecular weight excluding hydrogens is 512 g/mol. The molecule has 1 saturated heterocycles. The monoisotopic (exact) mass is 579 g/mol. The molecule has 1 aliphatic heterocycles. The number of likely N-dealkylation sites (tertiary alicyclic amines) is 1. The summed E-state index contributed by atoms with van der Waals surface area (Å²) >= 11 is 0. The lowest BCUT2D eigenvalue weighted by Gasteiger charge is -2.33. The molecule has 1 unspecified atom stereocenters. The van der Waals surface area contributed by atoms with Crippen molar-refractivity contribution in [3.8, 4) is 0 Å². The van der Waals surface area contributed by atoms with Crippen LogP contribution >= 0.6 is 0 Å². The maximum absolute atomic E-state index is 12.2. The predicted molar refractivity (Wildman–Crippen MR) is 172 cm³/mol. The van der Waals surface area contributed by atoms with E-state index in [2.05, 4.69) is 24.5 Å². The number of hydrogen-bond acceptors (Lipinski definition) is 4. The van der Waals surface area contributed by atoms with Crippen LogP contribution in [0.15, 0.2) is 0 Å². The average Bonchev–Trinajstić information content (AvgIpc) is 3.52. The summed E-state index contributed by atoms with van der Waals surface area (Å²) in [5.41, 5.74) is 6.54. The molecule has 0 aromatic rings. The van der Waals surface area contributed by atoms with Gasteiger partial charge in [0.15, 0.2) is 0 Å². The maximum Gasteiger partial charge on any atom is 0.241 e. The van der Waals surface area contributed by atoms with Gasteiger partial charge in [0, 0.05) is 32.5 Å². The van der Waals surface area contributed by atoms with Crippen LogP contribution in [0.2, 0.25) is 0 Å². The number of nitrogens with one attached hydrogen (secondary N) is 2. The lowest BCUT2D eigenvalue weighted by atomic mass is 9.74. The summed E-state index contributed by atoms with van der Waals surface area (Å²) in [6, 6.07) is 0. The molecule has 0 spiro atoms. The molecule has 0 aliphatic carbocycles. The molecule has 1 atom stereocenters. The first-order valence-corrected chi connectivity index (χ1v) is 17.5. The third-order valence-corrected chi connectivity index (χ3v) is 8.93. The Hall–Kier alpha value is -1.63. The fourth-order valence-electron chi connectivity index (χ4n) is 6.23. The van der Waals surface area contributed by atoms with Crippen molar-refractivity contribution in [2.75, 3.05) is 32.7 Å². The number of carbonyl (C=O) groups is 3. The third-order valence-electron chi connectivity index (χ3n) is 8.93. The van der Waals surface area contributed by atoms with Gasteiger partial charge >= 0.3 is 0 Å². The number of carbonyl (C=O) groups excluding carboxylic acids is 3. The number of hydrogen-bond donors (Lipinski definition) is 3. The zero-order valence-electron chi connectivity index (χ0n) is 27.0. The summed E-state index contributed by atoms with van der Waals surface area (Å²) in [4.78, 5) is 37.9. The molecule has 0 radical (unpaired) electrons. The standard InChI is InChI=1S/C34H66N4O3/c1-3-5-16-24-34(30-35,23-4-2)25-17-13-15-21-31(39)36-26-18-12-10-8-6-7-9-11-14-22-32(40)37-29-33(41)38-27-19-20-28-38/h3-30,35H2,1-2H3,(H,36,39)(H,37,40). The summed E-state index contributed by atoms with van der Waals surface area (Å²) in [6.45, 7) is 7.95. The lowest BCUT2D eigenvalue weighted by molar-refractivity contribution is -0.132. The van der Waals surface area contributed by atoms with Gasteiger partial charge < -0.3 is 21.3 Å². The highest BCUT2D eigenvalue weighted by Gasteiger charge is 2.26. The van der Waals surface area contributed by atoms with Gasteiger partial charge in [0.05, 0.1) is 6.54 Å². The largest absolute Gasteiger partial charge is 0.356 e. The van der Waals surface area contributed by atoms with Gasteiger partial charge in [-0.3, -0.25) is 14.4 Å². The summed E-state index contributed by atoms with van der Waals surface area (Å²) < 4.78 is 0. The Morgan fingerprint density at radius 1 is 0.634 bits per heavy atom. The van der Waals surface area contributed by atoms with Crippen LogP contribution in [0.5, 0.6) is 0 Å². The molecule has 4 N–H and O–H groups in total. The molecule has 3 amide bonds. The smallest absolute Gasteiger partial charge is 0.241 e. The fraction of sp³-hybridized carbons (Fsp3) is 0.912. The fourth-order valence-corrected chi connectivity index (χ4v) is 6.23. The minimum Gasteiger partial charge on any atom is -0.356 e. The van der Waals surface area contributed by atoms with Crippen LogP contribution in [-0.2, 0) is 14.4 Å². The van der Waals surface area contributed by atoms with Gasteiger partial charge in [-0.05, 0) is 63.3 Å². The number of amides is 3. The van der Waals surface area contributed by atoms with E-state index in [4.69, 9.17) is 5.73 Å². The molecule has 240 valence electrons. The summed E-state index contributed by atoms with van der Waals surface area (Å²) in [7, 11) is 0. The second kappa shape index (κ2) is 24.9. The van der Waals surface area contributed by atoms with Crippen LogP contribution < -0.4 is 16.4 Å². The Morgan fingerprint density at radius 2 is 1.15 bits per heavy atom. The number of unbranched alkanes of at least 4 members (excludes halogenated alkanes) is 12. The third kappa shape index (κ3) is 19.2. The van der Waals surface area contributed by atoms with Gasteiger partial charge in [0.25, 0.3) is 0 Å². The highest BCUT2D eigenvalue weighted by Crippen LogP contribution is 2.35. The topological polar surface area (TPSA) is 105 Å². The molecule has 7 heteroatoms. The van der Waals surface area contributed by atoms with Crippen LogP contribution in [-0.4, -0.2) is 55.3 Å². The Bertz CT molecular complexity index is 681. The van der Waals surface area contributed by atoms with E-state index in [9.17, 15) is 14.4 Å². The van der Waals surface area contributed by atoms with Crippen molar-refractivity contribution in [3.63, 3.8) is 0 Å². The van der Waals surface area contributed by atoms with Crippen LogP contribution in [0.25, 0.3) is 0 Å². The Morgan fingerprint density at radius 3 is 1.71 bits per heavy atom. The van der Waals surface area contributed by atoms with Crippen molar-refractivity contribution in [2.24, 2.45) is 11.1 Å². The molecule has 1 rings (SSSR count). The zero-order valence-corrected chi connectivity index (χ0v) is 27.0. The molecule has 1 fully saturated rings. The van der Waals surface area contributed by atoms with Crippen LogP contribution in [0.1, 0.15) is 162 Å². The first kappa shape index (κ1) is 37.4. The number of nitrogens with two attached hydrogens (primary N) is 1.